The van der Waals surface area contributed by atoms with Crippen LogP contribution in [0.4, 0.5) is 5.69 Å². The van der Waals surface area contributed by atoms with Gasteiger partial charge in [0.25, 0.3) is 5.91 Å². The van der Waals surface area contributed by atoms with Crippen molar-refractivity contribution in [2.75, 3.05) is 12.4 Å². The standard InChI is InChI=1S/C31H41N7O2/c1-19-11-12-21(14-27(19)38-18-26(35-36-38)24-17-33-37(9)20(24)2)29(39)34-23-13-22(16-32-31(6,7)8)28(40-10)25(15-23)30(3,4)5/h11-15,17-18,32H,16H2,1-10H3,(H,34,39). The van der Waals surface area contributed by atoms with Gasteiger partial charge in [-0.1, -0.05) is 32.1 Å². The van der Waals surface area contributed by atoms with Crippen LogP contribution in [-0.4, -0.2) is 43.3 Å². The number of hydrogen-bond donors (Lipinski definition) is 2. The van der Waals surface area contributed by atoms with Crippen molar-refractivity contribution in [3.05, 3.63) is 70.7 Å². The highest BCUT2D eigenvalue weighted by atomic mass is 16.5. The quantitative estimate of drug-likeness (QED) is 0.309. The molecule has 0 fully saturated rings. The molecule has 0 atom stereocenters. The Bertz CT molecular complexity index is 1530. The van der Waals surface area contributed by atoms with Crippen molar-refractivity contribution in [2.24, 2.45) is 7.05 Å². The molecule has 0 radical (unpaired) electrons. The summed E-state index contributed by atoms with van der Waals surface area (Å²) in [5.41, 5.74) is 7.43. The molecular weight excluding hydrogens is 502 g/mol. The summed E-state index contributed by atoms with van der Waals surface area (Å²) < 4.78 is 9.37. The van der Waals surface area contributed by atoms with Gasteiger partial charge in [-0.15, -0.1) is 5.10 Å². The van der Waals surface area contributed by atoms with Crippen molar-refractivity contribution in [3.8, 4) is 22.7 Å². The molecule has 0 saturated heterocycles. The largest absolute Gasteiger partial charge is 0.496 e. The Morgan fingerprint density at radius 1 is 1.05 bits per heavy atom. The van der Waals surface area contributed by atoms with Crippen LogP contribution in [0.1, 0.15) is 74.3 Å². The second-order valence-electron chi connectivity index (χ2n) is 12.3. The van der Waals surface area contributed by atoms with E-state index < -0.39 is 0 Å². The summed E-state index contributed by atoms with van der Waals surface area (Å²) in [4.78, 5) is 13.5. The van der Waals surface area contributed by atoms with Crippen LogP contribution in [0, 0.1) is 13.8 Å². The predicted molar refractivity (Wildman–Crippen MR) is 159 cm³/mol. The summed E-state index contributed by atoms with van der Waals surface area (Å²) >= 11 is 0. The number of hydrogen-bond acceptors (Lipinski definition) is 6. The van der Waals surface area contributed by atoms with E-state index in [2.05, 4.69) is 67.6 Å². The number of nitrogens with one attached hydrogen (secondary N) is 2. The van der Waals surface area contributed by atoms with Gasteiger partial charge in [-0.2, -0.15) is 5.10 Å². The zero-order chi connectivity index (χ0) is 29.4. The zero-order valence-electron chi connectivity index (χ0n) is 25.3. The summed E-state index contributed by atoms with van der Waals surface area (Å²) in [5, 5.41) is 19.7. The van der Waals surface area contributed by atoms with E-state index in [1.54, 1.807) is 22.7 Å². The fraction of sp³-hybridized carbons (Fsp3) is 0.419. The van der Waals surface area contributed by atoms with Crippen molar-refractivity contribution >= 4 is 11.6 Å². The highest BCUT2D eigenvalue weighted by molar-refractivity contribution is 6.04. The fourth-order valence-electron chi connectivity index (χ4n) is 4.51. The van der Waals surface area contributed by atoms with Gasteiger partial charge in [-0.05, 0) is 69.9 Å². The lowest BCUT2D eigenvalue weighted by Gasteiger charge is -2.27. The van der Waals surface area contributed by atoms with Crippen molar-refractivity contribution in [1.29, 1.82) is 0 Å². The molecule has 2 aromatic carbocycles. The molecule has 0 spiro atoms. The average molecular weight is 544 g/mol. The molecule has 2 aromatic heterocycles. The first-order valence-electron chi connectivity index (χ1n) is 13.5. The molecule has 0 aliphatic heterocycles. The average Bonchev–Trinajstić information content (AvgIpc) is 3.48. The molecule has 2 N–H and O–H groups in total. The normalized spacial score (nSPS) is 12.1. The number of rotatable bonds is 7. The Hall–Kier alpha value is -3.98. The summed E-state index contributed by atoms with van der Waals surface area (Å²) in [5.74, 6) is 0.634. The smallest absolute Gasteiger partial charge is 0.255 e. The van der Waals surface area contributed by atoms with Gasteiger partial charge in [0.1, 0.15) is 11.4 Å². The van der Waals surface area contributed by atoms with Gasteiger partial charge in [-0.25, -0.2) is 4.68 Å². The van der Waals surface area contributed by atoms with E-state index in [1.807, 2.05) is 57.4 Å². The van der Waals surface area contributed by atoms with E-state index in [1.165, 1.54) is 0 Å². The first-order chi connectivity index (χ1) is 18.7. The van der Waals surface area contributed by atoms with Crippen LogP contribution >= 0.6 is 0 Å². The molecule has 212 valence electrons. The number of methoxy groups -OCH3 is 1. The third kappa shape index (κ3) is 6.25. The fourth-order valence-corrected chi connectivity index (χ4v) is 4.51. The molecule has 0 aliphatic carbocycles. The number of amides is 1. The minimum Gasteiger partial charge on any atom is -0.496 e. The molecule has 0 saturated carbocycles. The van der Waals surface area contributed by atoms with Gasteiger partial charge >= 0.3 is 0 Å². The Morgan fingerprint density at radius 2 is 1.77 bits per heavy atom. The molecule has 9 heteroatoms. The van der Waals surface area contributed by atoms with Crippen molar-refractivity contribution in [1.82, 2.24) is 30.1 Å². The molecule has 4 rings (SSSR count). The molecule has 1 amide bonds. The maximum absolute atomic E-state index is 13.5. The lowest BCUT2D eigenvalue weighted by atomic mass is 9.84. The second kappa shape index (κ2) is 10.9. The van der Waals surface area contributed by atoms with Crippen molar-refractivity contribution in [2.45, 2.75) is 72.9 Å². The maximum Gasteiger partial charge on any atom is 0.255 e. The third-order valence-corrected chi connectivity index (χ3v) is 6.97. The molecular formula is C31H41N7O2. The minimum absolute atomic E-state index is 0.0681. The minimum atomic E-state index is -0.204. The second-order valence-corrected chi connectivity index (χ2v) is 12.3. The number of aromatic nitrogens is 5. The van der Waals surface area contributed by atoms with Crippen LogP contribution in [0.15, 0.2) is 42.7 Å². The SMILES string of the molecule is COc1c(CNC(C)(C)C)cc(NC(=O)c2ccc(C)c(-n3cc(-c4cnn(C)c4C)nn3)c2)cc1C(C)(C)C. The molecule has 2 heterocycles. The molecule has 0 aliphatic rings. The van der Waals surface area contributed by atoms with E-state index in [9.17, 15) is 4.79 Å². The lowest BCUT2D eigenvalue weighted by Crippen LogP contribution is -2.35. The van der Waals surface area contributed by atoms with E-state index in [0.29, 0.717) is 12.1 Å². The number of benzene rings is 2. The molecule has 4 aromatic rings. The van der Waals surface area contributed by atoms with Crippen molar-refractivity contribution < 1.29 is 9.53 Å². The molecule has 0 unspecified atom stereocenters. The Kier molecular flexibility index (Phi) is 7.90. The molecule has 0 bridgehead atoms. The van der Waals surface area contributed by atoms with Gasteiger partial charge in [0.2, 0.25) is 0 Å². The highest BCUT2D eigenvalue weighted by Crippen LogP contribution is 2.37. The van der Waals surface area contributed by atoms with Crippen LogP contribution in [0.25, 0.3) is 16.9 Å². The summed E-state index contributed by atoms with van der Waals surface area (Å²) in [6.45, 7) is 17.4. The predicted octanol–water partition coefficient (Wildman–Crippen LogP) is 5.73. The van der Waals surface area contributed by atoms with Gasteiger partial charge < -0.3 is 15.4 Å². The highest BCUT2D eigenvalue weighted by Gasteiger charge is 2.24. The van der Waals surface area contributed by atoms with Crippen LogP contribution in [0.2, 0.25) is 0 Å². The number of aryl methyl sites for hydroxylation is 2. The maximum atomic E-state index is 13.5. The summed E-state index contributed by atoms with van der Waals surface area (Å²) in [6, 6.07) is 9.59. The first-order valence-corrected chi connectivity index (χ1v) is 13.5. The van der Waals surface area contributed by atoms with Gasteiger partial charge in [0.15, 0.2) is 0 Å². The van der Waals surface area contributed by atoms with Crippen LogP contribution in [0.5, 0.6) is 5.75 Å². The number of carbonyl (C=O) groups excluding carboxylic acids is 1. The number of nitrogens with zero attached hydrogens (tertiary/aromatic N) is 5. The van der Waals surface area contributed by atoms with Crippen LogP contribution in [0.3, 0.4) is 0 Å². The third-order valence-electron chi connectivity index (χ3n) is 6.97. The van der Waals surface area contributed by atoms with E-state index in [0.717, 1.165) is 50.8 Å². The van der Waals surface area contributed by atoms with Gasteiger partial charge in [-0.3, -0.25) is 9.48 Å². The number of carbonyl (C=O) groups is 1. The van der Waals surface area contributed by atoms with E-state index in [-0.39, 0.29) is 16.9 Å². The number of anilines is 1. The zero-order valence-corrected chi connectivity index (χ0v) is 25.3. The Morgan fingerprint density at radius 3 is 2.38 bits per heavy atom. The Labute approximate surface area is 236 Å². The first kappa shape index (κ1) is 29.0. The molecule has 9 nitrogen and oxygen atoms in total. The van der Waals surface area contributed by atoms with Crippen molar-refractivity contribution in [3.63, 3.8) is 0 Å². The molecule has 40 heavy (non-hydrogen) atoms. The lowest BCUT2D eigenvalue weighted by molar-refractivity contribution is 0.102. The topological polar surface area (TPSA) is 98.9 Å². The monoisotopic (exact) mass is 543 g/mol. The Balaban J connectivity index is 1.66. The van der Waals surface area contributed by atoms with Crippen LogP contribution < -0.4 is 15.4 Å². The van der Waals surface area contributed by atoms with E-state index >= 15 is 0 Å². The van der Waals surface area contributed by atoms with Gasteiger partial charge in [0, 0.05) is 52.8 Å². The summed E-state index contributed by atoms with van der Waals surface area (Å²) in [7, 11) is 3.59. The summed E-state index contributed by atoms with van der Waals surface area (Å²) in [6.07, 6.45) is 3.65. The van der Waals surface area contributed by atoms with Crippen LogP contribution in [-0.2, 0) is 19.0 Å². The van der Waals surface area contributed by atoms with E-state index in [4.69, 9.17) is 4.74 Å². The van der Waals surface area contributed by atoms with Gasteiger partial charge in [0.05, 0.1) is 25.2 Å². The number of ether oxygens (including phenoxy) is 1.